The minimum atomic E-state index is -0.801. The molecule has 138 valence electrons. The monoisotopic (exact) mass is 382 g/mol. The number of nitrogens with one attached hydrogen (secondary N) is 1. The van der Waals surface area contributed by atoms with Crippen molar-refractivity contribution >= 4 is 23.2 Å². The van der Waals surface area contributed by atoms with Crippen LogP contribution in [0.3, 0.4) is 0 Å². The Hall–Kier alpha value is -2.05. The fourth-order valence-corrected chi connectivity index (χ4v) is 3.31. The number of piperidine rings is 1. The number of anilines is 1. The molecule has 2 aromatic carbocycles. The first-order chi connectivity index (χ1) is 12.4. The van der Waals surface area contributed by atoms with E-state index in [1.807, 2.05) is 4.90 Å². The lowest BCUT2D eigenvalue weighted by atomic mass is 9.95. The number of rotatable bonds is 4. The van der Waals surface area contributed by atoms with Crippen molar-refractivity contribution in [3.63, 3.8) is 0 Å². The Kier molecular flexibility index (Phi) is 5.84. The van der Waals surface area contributed by atoms with Crippen molar-refractivity contribution in [2.45, 2.75) is 19.4 Å². The summed E-state index contributed by atoms with van der Waals surface area (Å²) in [5, 5.41) is 2.90. The molecule has 7 heteroatoms. The normalized spacial score (nSPS) is 15.8. The Morgan fingerprint density at radius 2 is 1.85 bits per heavy atom. The van der Waals surface area contributed by atoms with Crippen molar-refractivity contribution in [2.24, 2.45) is 5.92 Å². The highest BCUT2D eigenvalue weighted by Crippen LogP contribution is 2.25. The molecule has 1 N–H and O–H groups in total. The van der Waals surface area contributed by atoms with Gasteiger partial charge in [0, 0.05) is 29.1 Å². The zero-order valence-corrected chi connectivity index (χ0v) is 14.7. The SMILES string of the molecule is O=C(Nc1ccc(F)cc1F)C1CCN(Cc2c(F)cccc2Cl)CC1. The van der Waals surface area contributed by atoms with Crippen LogP contribution in [0.25, 0.3) is 0 Å². The molecule has 0 spiro atoms. The van der Waals surface area contributed by atoms with Crippen LogP contribution >= 0.6 is 11.6 Å². The molecule has 26 heavy (non-hydrogen) atoms. The Morgan fingerprint density at radius 1 is 1.12 bits per heavy atom. The van der Waals surface area contributed by atoms with Gasteiger partial charge in [0.15, 0.2) is 0 Å². The summed E-state index contributed by atoms with van der Waals surface area (Å²) in [6.45, 7) is 1.59. The lowest BCUT2D eigenvalue weighted by Crippen LogP contribution is -2.38. The second kappa shape index (κ2) is 8.10. The molecule has 0 unspecified atom stereocenters. The maximum absolute atomic E-state index is 13.9. The average molecular weight is 383 g/mol. The Balaban J connectivity index is 1.55. The fourth-order valence-electron chi connectivity index (χ4n) is 3.09. The Labute approximate surface area is 154 Å². The number of likely N-dealkylation sites (tertiary alicyclic amines) is 1. The molecular weight excluding hydrogens is 365 g/mol. The quantitative estimate of drug-likeness (QED) is 0.837. The first kappa shape index (κ1) is 18.7. The standard InChI is InChI=1S/C19H18ClF3N2O/c20-15-2-1-3-16(22)14(15)11-25-8-6-12(7-9-25)19(26)24-18-5-4-13(21)10-17(18)23/h1-5,10,12H,6-9,11H2,(H,24,26). The second-order valence-corrected chi connectivity index (χ2v) is 6.77. The second-order valence-electron chi connectivity index (χ2n) is 6.36. The van der Waals surface area contributed by atoms with Gasteiger partial charge >= 0.3 is 0 Å². The van der Waals surface area contributed by atoms with Crippen molar-refractivity contribution in [3.8, 4) is 0 Å². The van der Waals surface area contributed by atoms with E-state index in [1.165, 1.54) is 12.1 Å². The predicted molar refractivity (Wildman–Crippen MR) is 94.4 cm³/mol. The third kappa shape index (κ3) is 4.37. The molecular formula is C19H18ClF3N2O. The van der Waals surface area contributed by atoms with Gasteiger partial charge < -0.3 is 5.32 Å². The van der Waals surface area contributed by atoms with Gasteiger partial charge in [-0.05, 0) is 50.2 Å². The third-order valence-corrected chi connectivity index (χ3v) is 4.94. The van der Waals surface area contributed by atoms with Gasteiger partial charge in [-0.25, -0.2) is 13.2 Å². The van der Waals surface area contributed by atoms with Crippen LogP contribution in [0.1, 0.15) is 18.4 Å². The first-order valence-corrected chi connectivity index (χ1v) is 8.73. The molecule has 0 aliphatic carbocycles. The van der Waals surface area contributed by atoms with Crippen LogP contribution in [0, 0.1) is 23.4 Å². The van der Waals surface area contributed by atoms with Gasteiger partial charge in [0.1, 0.15) is 17.5 Å². The Morgan fingerprint density at radius 3 is 2.50 bits per heavy atom. The van der Waals surface area contributed by atoms with Gasteiger partial charge in [-0.15, -0.1) is 0 Å². The van der Waals surface area contributed by atoms with Gasteiger partial charge in [0.25, 0.3) is 0 Å². The van der Waals surface area contributed by atoms with Crippen LogP contribution in [0.15, 0.2) is 36.4 Å². The van der Waals surface area contributed by atoms with E-state index in [1.54, 1.807) is 12.1 Å². The number of amides is 1. The summed E-state index contributed by atoms with van der Waals surface area (Å²) in [4.78, 5) is 14.3. The van der Waals surface area contributed by atoms with E-state index in [-0.39, 0.29) is 23.3 Å². The maximum atomic E-state index is 13.9. The number of halogens is 4. The summed E-state index contributed by atoms with van der Waals surface area (Å²) in [6, 6.07) is 7.62. The van der Waals surface area contributed by atoms with Crippen LogP contribution in [0.4, 0.5) is 18.9 Å². The molecule has 0 aromatic heterocycles. The molecule has 0 bridgehead atoms. The molecule has 0 saturated carbocycles. The van der Waals surface area contributed by atoms with Gasteiger partial charge in [-0.1, -0.05) is 17.7 Å². The van der Waals surface area contributed by atoms with Gasteiger partial charge in [0.05, 0.1) is 5.69 Å². The van der Waals surface area contributed by atoms with Crippen LogP contribution in [0.2, 0.25) is 5.02 Å². The maximum Gasteiger partial charge on any atom is 0.227 e. The molecule has 1 amide bonds. The molecule has 1 aliphatic heterocycles. The van der Waals surface area contributed by atoms with Crippen LogP contribution < -0.4 is 5.32 Å². The van der Waals surface area contributed by atoms with Crippen molar-refractivity contribution in [1.82, 2.24) is 4.90 Å². The number of nitrogens with zero attached hydrogens (tertiary/aromatic N) is 1. The highest BCUT2D eigenvalue weighted by Gasteiger charge is 2.26. The largest absolute Gasteiger partial charge is 0.323 e. The lowest BCUT2D eigenvalue weighted by molar-refractivity contribution is -0.121. The summed E-state index contributed by atoms with van der Waals surface area (Å²) in [6.07, 6.45) is 1.14. The average Bonchev–Trinajstić information content (AvgIpc) is 2.61. The fraction of sp³-hybridized carbons (Fsp3) is 0.316. The predicted octanol–water partition coefficient (Wildman–Crippen LogP) is 4.61. The van der Waals surface area contributed by atoms with Gasteiger partial charge in [-0.3, -0.25) is 9.69 Å². The highest BCUT2D eigenvalue weighted by molar-refractivity contribution is 6.31. The number of carbonyl (C=O) groups excluding carboxylic acids is 1. The highest BCUT2D eigenvalue weighted by atomic mass is 35.5. The van der Waals surface area contributed by atoms with Crippen molar-refractivity contribution in [3.05, 3.63) is 64.4 Å². The summed E-state index contributed by atoms with van der Waals surface area (Å²) in [7, 11) is 0. The van der Waals surface area contributed by atoms with E-state index >= 15 is 0 Å². The Bertz CT molecular complexity index is 787. The zero-order chi connectivity index (χ0) is 18.7. The summed E-state index contributed by atoms with van der Waals surface area (Å²) >= 11 is 6.05. The molecule has 1 heterocycles. The van der Waals surface area contributed by atoms with E-state index in [2.05, 4.69) is 5.32 Å². The molecule has 1 aliphatic rings. The summed E-state index contributed by atoms with van der Waals surface area (Å²) in [5.74, 6) is -2.40. The molecule has 3 rings (SSSR count). The van der Waals surface area contributed by atoms with E-state index in [0.29, 0.717) is 43.1 Å². The van der Waals surface area contributed by atoms with Gasteiger partial charge in [0.2, 0.25) is 5.91 Å². The van der Waals surface area contributed by atoms with E-state index in [9.17, 15) is 18.0 Å². The zero-order valence-electron chi connectivity index (χ0n) is 13.9. The van der Waals surface area contributed by atoms with E-state index < -0.39 is 11.6 Å². The first-order valence-electron chi connectivity index (χ1n) is 8.35. The minimum Gasteiger partial charge on any atom is -0.323 e. The third-order valence-electron chi connectivity index (χ3n) is 4.59. The van der Waals surface area contributed by atoms with Crippen LogP contribution in [-0.2, 0) is 11.3 Å². The van der Waals surface area contributed by atoms with E-state index in [0.717, 1.165) is 12.1 Å². The lowest BCUT2D eigenvalue weighted by Gasteiger charge is -2.31. The number of carbonyl (C=O) groups is 1. The van der Waals surface area contributed by atoms with Gasteiger partial charge in [-0.2, -0.15) is 0 Å². The molecule has 1 saturated heterocycles. The number of benzene rings is 2. The van der Waals surface area contributed by atoms with Crippen molar-refractivity contribution in [1.29, 1.82) is 0 Å². The van der Waals surface area contributed by atoms with Crippen molar-refractivity contribution in [2.75, 3.05) is 18.4 Å². The van der Waals surface area contributed by atoms with E-state index in [4.69, 9.17) is 11.6 Å². The smallest absolute Gasteiger partial charge is 0.227 e. The van der Waals surface area contributed by atoms with Crippen LogP contribution in [-0.4, -0.2) is 23.9 Å². The van der Waals surface area contributed by atoms with Crippen molar-refractivity contribution < 1.29 is 18.0 Å². The molecule has 0 atom stereocenters. The summed E-state index contributed by atoms with van der Waals surface area (Å²) < 4.78 is 40.5. The number of hydrogen-bond donors (Lipinski definition) is 1. The molecule has 0 radical (unpaired) electrons. The number of hydrogen-bond acceptors (Lipinski definition) is 2. The van der Waals surface area contributed by atoms with Crippen LogP contribution in [0.5, 0.6) is 0 Å². The molecule has 3 nitrogen and oxygen atoms in total. The summed E-state index contributed by atoms with van der Waals surface area (Å²) in [5.41, 5.74) is 0.419. The minimum absolute atomic E-state index is 0.0306. The molecule has 2 aromatic rings. The topological polar surface area (TPSA) is 32.3 Å². The molecule has 1 fully saturated rings.